The highest BCUT2D eigenvalue weighted by molar-refractivity contribution is 5.49. The van der Waals surface area contributed by atoms with Crippen LogP contribution in [0.2, 0.25) is 0 Å². The third-order valence-electron chi connectivity index (χ3n) is 1.80. The van der Waals surface area contributed by atoms with E-state index < -0.39 is 5.82 Å². The van der Waals surface area contributed by atoms with Gasteiger partial charge < -0.3 is 0 Å². The van der Waals surface area contributed by atoms with E-state index in [0.29, 0.717) is 5.69 Å². The Morgan fingerprint density at radius 1 is 1.29 bits per heavy atom. The Morgan fingerprint density at radius 2 is 2.00 bits per heavy atom. The molecule has 0 radical (unpaired) electrons. The molecule has 0 fully saturated rings. The quantitative estimate of drug-likeness (QED) is 0.677. The minimum Gasteiger partial charge on any atom is -0.287 e. The lowest BCUT2D eigenvalue weighted by Crippen LogP contribution is -1.96. The number of rotatable bonds is 1. The minimum atomic E-state index is -0.543. The molecule has 68 valence electrons. The van der Waals surface area contributed by atoms with Crippen LogP contribution in [0.3, 0.4) is 0 Å². The zero-order valence-corrected chi connectivity index (χ0v) is 7.05. The lowest BCUT2D eigenvalue weighted by Gasteiger charge is -2.03. The maximum atomic E-state index is 13.2. The Hall–Kier alpha value is -2.22. The minimum absolute atomic E-state index is 0.00713. The summed E-state index contributed by atoms with van der Waals surface area (Å²) >= 11 is 0. The topological polar surface area (TPSA) is 54.5 Å². The molecule has 0 aliphatic heterocycles. The van der Waals surface area contributed by atoms with Gasteiger partial charge in [0.1, 0.15) is 30.1 Å². The average Bonchev–Trinajstić information content (AvgIpc) is 2.70. The zero-order chi connectivity index (χ0) is 9.97. The summed E-state index contributed by atoms with van der Waals surface area (Å²) < 4.78 is 14.7. The summed E-state index contributed by atoms with van der Waals surface area (Å²) in [6.07, 6.45) is 2.82. The maximum absolute atomic E-state index is 13.2. The van der Waals surface area contributed by atoms with Crippen molar-refractivity contribution in [3.05, 3.63) is 42.2 Å². The van der Waals surface area contributed by atoms with Gasteiger partial charge in [-0.15, -0.1) is 10.2 Å². The highest BCUT2D eigenvalue weighted by atomic mass is 19.1. The molecular formula is C9H5FN4. The molecule has 14 heavy (non-hydrogen) atoms. The third kappa shape index (κ3) is 1.23. The molecule has 0 aliphatic rings. The first-order valence-corrected chi connectivity index (χ1v) is 3.86. The van der Waals surface area contributed by atoms with E-state index in [1.54, 1.807) is 12.1 Å². The number of hydrogen-bond acceptors (Lipinski definition) is 3. The number of nitrogens with zero attached hydrogens (tertiary/aromatic N) is 4. The van der Waals surface area contributed by atoms with E-state index in [0.717, 1.165) is 0 Å². The number of hydrogen-bond donors (Lipinski definition) is 0. The van der Waals surface area contributed by atoms with Crippen LogP contribution < -0.4 is 0 Å². The zero-order valence-electron chi connectivity index (χ0n) is 7.05. The van der Waals surface area contributed by atoms with Gasteiger partial charge in [-0.3, -0.25) is 4.57 Å². The van der Waals surface area contributed by atoms with Crippen molar-refractivity contribution in [3.8, 4) is 11.8 Å². The van der Waals surface area contributed by atoms with Crippen molar-refractivity contribution in [3.63, 3.8) is 0 Å². The first-order chi connectivity index (χ1) is 6.83. The monoisotopic (exact) mass is 188 g/mol. The molecule has 0 amide bonds. The van der Waals surface area contributed by atoms with Crippen molar-refractivity contribution in [2.24, 2.45) is 0 Å². The van der Waals surface area contributed by atoms with E-state index in [1.807, 2.05) is 0 Å². The summed E-state index contributed by atoms with van der Waals surface area (Å²) in [6.45, 7) is 0. The Morgan fingerprint density at radius 3 is 2.64 bits per heavy atom. The second-order valence-electron chi connectivity index (χ2n) is 2.61. The van der Waals surface area contributed by atoms with Crippen molar-refractivity contribution in [1.82, 2.24) is 14.8 Å². The van der Waals surface area contributed by atoms with Gasteiger partial charge in [0, 0.05) is 0 Å². The van der Waals surface area contributed by atoms with Gasteiger partial charge in [0.25, 0.3) is 0 Å². The number of nitriles is 1. The molecule has 5 heteroatoms. The van der Waals surface area contributed by atoms with Crippen LogP contribution in [0.1, 0.15) is 5.56 Å². The second-order valence-corrected chi connectivity index (χ2v) is 2.61. The van der Waals surface area contributed by atoms with Crippen molar-refractivity contribution in [1.29, 1.82) is 5.26 Å². The maximum Gasteiger partial charge on any atom is 0.143 e. The molecule has 1 aromatic carbocycles. The summed E-state index contributed by atoms with van der Waals surface area (Å²) in [5, 5.41) is 15.9. The molecule has 0 aliphatic carbocycles. The Kier molecular flexibility index (Phi) is 1.95. The van der Waals surface area contributed by atoms with Crippen LogP contribution in [0.15, 0.2) is 30.9 Å². The van der Waals surface area contributed by atoms with Crippen molar-refractivity contribution in [2.45, 2.75) is 0 Å². The van der Waals surface area contributed by atoms with Crippen LogP contribution in [0.5, 0.6) is 0 Å². The predicted octanol–water partition coefficient (Wildman–Crippen LogP) is 1.28. The fourth-order valence-electron chi connectivity index (χ4n) is 1.16. The smallest absolute Gasteiger partial charge is 0.143 e. The standard InChI is InChI=1S/C9H5FN4/c10-8-2-1-3-9(7(8)4-11)14-5-12-13-6-14/h1-3,5-6H. The normalized spacial score (nSPS) is 9.71. The highest BCUT2D eigenvalue weighted by Gasteiger charge is 2.08. The molecule has 0 saturated carbocycles. The molecule has 4 nitrogen and oxygen atoms in total. The first kappa shape index (κ1) is 8.38. The van der Waals surface area contributed by atoms with Crippen LogP contribution in [0.25, 0.3) is 5.69 Å². The largest absolute Gasteiger partial charge is 0.287 e. The van der Waals surface area contributed by atoms with Gasteiger partial charge in [-0.2, -0.15) is 5.26 Å². The van der Waals surface area contributed by atoms with Gasteiger partial charge in [-0.1, -0.05) is 6.07 Å². The van der Waals surface area contributed by atoms with E-state index >= 15 is 0 Å². The molecule has 0 bridgehead atoms. The van der Waals surface area contributed by atoms with Gasteiger partial charge in [-0.05, 0) is 12.1 Å². The number of halogens is 1. The molecule has 0 saturated heterocycles. The summed E-state index contributed by atoms with van der Waals surface area (Å²) in [5.41, 5.74) is 0.435. The van der Waals surface area contributed by atoms with E-state index in [1.165, 1.54) is 29.4 Å². The van der Waals surface area contributed by atoms with Crippen LogP contribution >= 0.6 is 0 Å². The Balaban J connectivity index is 2.66. The van der Waals surface area contributed by atoms with Gasteiger partial charge in [0.15, 0.2) is 0 Å². The molecule has 0 unspecified atom stereocenters. The first-order valence-electron chi connectivity index (χ1n) is 3.86. The van der Waals surface area contributed by atoms with E-state index in [2.05, 4.69) is 10.2 Å². The molecule has 0 spiro atoms. The summed E-state index contributed by atoms with van der Waals surface area (Å²) in [7, 11) is 0. The average molecular weight is 188 g/mol. The molecule has 1 heterocycles. The van der Waals surface area contributed by atoms with Gasteiger partial charge in [0.05, 0.1) is 5.69 Å². The second kappa shape index (κ2) is 3.26. The molecule has 0 atom stereocenters. The van der Waals surface area contributed by atoms with Gasteiger partial charge in [-0.25, -0.2) is 4.39 Å². The molecular weight excluding hydrogens is 183 g/mol. The highest BCUT2D eigenvalue weighted by Crippen LogP contribution is 2.15. The molecule has 1 aromatic heterocycles. The summed E-state index contributed by atoms with van der Waals surface area (Å²) in [6, 6.07) is 6.21. The lowest BCUT2D eigenvalue weighted by molar-refractivity contribution is 0.622. The fourth-order valence-corrected chi connectivity index (χ4v) is 1.16. The lowest BCUT2D eigenvalue weighted by atomic mass is 10.2. The van der Waals surface area contributed by atoms with Crippen molar-refractivity contribution < 1.29 is 4.39 Å². The third-order valence-corrected chi connectivity index (χ3v) is 1.80. The Labute approximate surface area is 79.2 Å². The molecule has 0 N–H and O–H groups in total. The Bertz CT molecular complexity index is 484. The molecule has 2 aromatic rings. The summed E-state index contributed by atoms with van der Waals surface area (Å²) in [5.74, 6) is -0.543. The summed E-state index contributed by atoms with van der Waals surface area (Å²) in [4.78, 5) is 0. The number of benzene rings is 1. The predicted molar refractivity (Wildman–Crippen MR) is 46.0 cm³/mol. The van der Waals surface area contributed by atoms with Crippen LogP contribution in [0, 0.1) is 17.1 Å². The van der Waals surface area contributed by atoms with E-state index in [-0.39, 0.29) is 5.56 Å². The van der Waals surface area contributed by atoms with Crippen LogP contribution in [-0.2, 0) is 0 Å². The van der Waals surface area contributed by atoms with Crippen LogP contribution in [0.4, 0.5) is 4.39 Å². The van der Waals surface area contributed by atoms with Gasteiger partial charge in [0.2, 0.25) is 0 Å². The van der Waals surface area contributed by atoms with Crippen molar-refractivity contribution >= 4 is 0 Å². The van der Waals surface area contributed by atoms with Crippen LogP contribution in [-0.4, -0.2) is 14.8 Å². The molecule has 2 rings (SSSR count). The SMILES string of the molecule is N#Cc1c(F)cccc1-n1cnnc1. The van der Waals surface area contributed by atoms with Gasteiger partial charge >= 0.3 is 0 Å². The fraction of sp³-hybridized carbons (Fsp3) is 0. The van der Waals surface area contributed by atoms with E-state index in [9.17, 15) is 4.39 Å². The van der Waals surface area contributed by atoms with Crippen molar-refractivity contribution in [2.75, 3.05) is 0 Å². The van der Waals surface area contributed by atoms with E-state index in [4.69, 9.17) is 5.26 Å². The number of aromatic nitrogens is 3.